The van der Waals surface area contributed by atoms with E-state index in [9.17, 15) is 0 Å². The summed E-state index contributed by atoms with van der Waals surface area (Å²) in [5.74, 6) is 5.82. The maximum absolute atomic E-state index is 5.82. The Balaban J connectivity index is 2.96. The number of nitrogens with zero attached hydrogens (tertiary/aromatic N) is 1. The topological polar surface area (TPSA) is 29.3 Å². The van der Waals surface area contributed by atoms with Gasteiger partial charge in [0, 0.05) is 0 Å². The summed E-state index contributed by atoms with van der Waals surface area (Å²) < 4.78 is 1.42. The molecule has 68 valence electrons. The number of para-hydroxylation sites is 1. The van der Waals surface area contributed by atoms with E-state index in [1.165, 1.54) is 9.26 Å². The predicted molar refractivity (Wildman–Crippen MR) is 48.3 cm³/mol. The number of rotatable bonds is 3. The summed E-state index contributed by atoms with van der Waals surface area (Å²) in [5.41, 5.74) is 1.19. The molecule has 12 heavy (non-hydrogen) atoms. The molecule has 0 aliphatic carbocycles. The van der Waals surface area contributed by atoms with Crippen molar-refractivity contribution in [1.29, 1.82) is 0 Å². The van der Waals surface area contributed by atoms with Crippen molar-refractivity contribution in [2.75, 3.05) is 16.5 Å². The third kappa shape index (κ3) is 2.10. The molecule has 0 aliphatic rings. The van der Waals surface area contributed by atoms with Crippen LogP contribution in [0, 0.1) is 3.57 Å². The second-order valence-electron chi connectivity index (χ2n) is 2.43. The Labute approximate surface area is 84.0 Å². The van der Waals surface area contributed by atoms with Crippen molar-refractivity contribution in [3.05, 3.63) is 27.8 Å². The molecule has 1 rings (SSSR count). The predicted octanol–water partition coefficient (Wildman–Crippen LogP) is -1.72. The third-order valence-corrected chi connectivity index (χ3v) is 3.78. The molecule has 1 aromatic rings. The minimum absolute atomic E-state index is 0.126. The zero-order valence-electron chi connectivity index (χ0n) is 7.42. The van der Waals surface area contributed by atoms with Crippen LogP contribution in [0.4, 0.5) is 5.69 Å². The Morgan fingerprint density at radius 1 is 1.42 bits per heavy atom. The molecule has 2 nitrogen and oxygen atoms in total. The van der Waals surface area contributed by atoms with Gasteiger partial charge in [-0.1, -0.05) is 0 Å². The summed E-state index contributed by atoms with van der Waals surface area (Å²) >= 11 is 0.126. The number of hydrogen-bond acceptors (Lipinski definition) is 2. The number of hydrazine groups is 1. The van der Waals surface area contributed by atoms with E-state index in [2.05, 4.69) is 30.1 Å². The second kappa shape index (κ2) is 4.67. The zero-order chi connectivity index (χ0) is 8.97. The molecule has 0 amide bonds. The van der Waals surface area contributed by atoms with Gasteiger partial charge in [-0.15, -0.1) is 0 Å². The van der Waals surface area contributed by atoms with Crippen molar-refractivity contribution in [2.45, 2.75) is 6.92 Å². The quantitative estimate of drug-likeness (QED) is 0.308. The average molecular weight is 277 g/mol. The molecule has 3 heteroatoms. The van der Waals surface area contributed by atoms with Gasteiger partial charge >= 0.3 is 84.0 Å². The van der Waals surface area contributed by atoms with Crippen molar-refractivity contribution < 1.29 is 21.2 Å². The van der Waals surface area contributed by atoms with Gasteiger partial charge in [0.05, 0.1) is 0 Å². The van der Waals surface area contributed by atoms with Crippen LogP contribution in [0.2, 0.25) is 0 Å². The van der Waals surface area contributed by atoms with E-state index in [0.29, 0.717) is 0 Å². The summed E-state index contributed by atoms with van der Waals surface area (Å²) in [6.45, 7) is 2.92. The molecule has 0 radical (unpaired) electrons. The van der Waals surface area contributed by atoms with E-state index in [4.69, 9.17) is 5.84 Å². The Morgan fingerprint density at radius 2 is 2.08 bits per heavy atom. The average Bonchev–Trinajstić information content (AvgIpc) is 2.16. The van der Waals surface area contributed by atoms with Crippen molar-refractivity contribution in [1.82, 2.24) is 0 Å². The Hall–Kier alpha value is -0.290. The van der Waals surface area contributed by atoms with Crippen molar-refractivity contribution in [3.8, 4) is 0 Å². The molecular formula is C9H14IN2-. The fraction of sp³-hybridized carbons (Fsp3) is 0.333. The molecule has 0 atom stereocenters. The Morgan fingerprint density at radius 3 is 2.67 bits per heavy atom. The van der Waals surface area contributed by atoms with Crippen LogP contribution in [0.3, 0.4) is 0 Å². The molecule has 0 aliphatic heterocycles. The number of alkyl halides is 1. The molecule has 0 aromatic heterocycles. The molecule has 0 saturated heterocycles. The number of anilines is 1. The van der Waals surface area contributed by atoms with Gasteiger partial charge in [-0.25, -0.2) is 0 Å². The van der Waals surface area contributed by atoms with Gasteiger partial charge < -0.3 is 0 Å². The van der Waals surface area contributed by atoms with E-state index in [0.717, 1.165) is 6.54 Å². The minimum atomic E-state index is 0.126. The van der Waals surface area contributed by atoms with E-state index in [1.807, 2.05) is 6.07 Å². The van der Waals surface area contributed by atoms with E-state index in [1.54, 1.807) is 5.01 Å². The molecular weight excluding hydrogens is 263 g/mol. The fourth-order valence-corrected chi connectivity index (χ4v) is 2.62. The van der Waals surface area contributed by atoms with Gasteiger partial charge in [0.15, 0.2) is 0 Å². The first-order chi connectivity index (χ1) is 5.79. The van der Waals surface area contributed by atoms with Crippen molar-refractivity contribution in [3.63, 3.8) is 0 Å². The van der Waals surface area contributed by atoms with Gasteiger partial charge in [0.25, 0.3) is 0 Å². The van der Waals surface area contributed by atoms with E-state index >= 15 is 0 Å². The summed E-state index contributed by atoms with van der Waals surface area (Å²) in [4.78, 5) is 2.25. The number of nitrogens with two attached hydrogens (primary N) is 1. The van der Waals surface area contributed by atoms with E-state index in [-0.39, 0.29) is 21.2 Å². The Kier molecular flexibility index (Phi) is 3.81. The normalized spacial score (nSPS) is 10.2. The van der Waals surface area contributed by atoms with Crippen LogP contribution < -0.4 is 32.1 Å². The standard InChI is InChI=1S/C9H14IN2/c1-3-12(11)9-7-5-4-6-8(9)10-2/h4-7H,3,11H2,1-2H3/q-1. The third-order valence-electron chi connectivity index (χ3n) is 1.71. The SMILES string of the molecule is CCN(N)c1ccccc1[I-]C. The van der Waals surface area contributed by atoms with Crippen molar-refractivity contribution in [2.24, 2.45) is 5.84 Å². The molecule has 0 saturated carbocycles. The van der Waals surface area contributed by atoms with Crippen LogP contribution in [0.1, 0.15) is 6.92 Å². The van der Waals surface area contributed by atoms with Crippen LogP contribution in [-0.2, 0) is 0 Å². The van der Waals surface area contributed by atoms with E-state index < -0.39 is 0 Å². The van der Waals surface area contributed by atoms with Gasteiger partial charge in [0.1, 0.15) is 0 Å². The first-order valence-corrected chi connectivity index (χ1v) is 7.14. The molecule has 0 spiro atoms. The summed E-state index contributed by atoms with van der Waals surface area (Å²) in [7, 11) is 0. The van der Waals surface area contributed by atoms with Crippen LogP contribution in [-0.4, -0.2) is 11.5 Å². The maximum atomic E-state index is 5.82. The first-order valence-electron chi connectivity index (χ1n) is 3.90. The van der Waals surface area contributed by atoms with Crippen LogP contribution in [0.5, 0.6) is 0 Å². The molecule has 0 unspecified atom stereocenters. The first kappa shape index (κ1) is 9.80. The monoisotopic (exact) mass is 277 g/mol. The summed E-state index contributed by atoms with van der Waals surface area (Å²) in [6, 6.07) is 8.36. The zero-order valence-corrected chi connectivity index (χ0v) is 9.58. The summed E-state index contributed by atoms with van der Waals surface area (Å²) in [6.07, 6.45) is 0. The van der Waals surface area contributed by atoms with Crippen LogP contribution >= 0.6 is 0 Å². The summed E-state index contributed by atoms with van der Waals surface area (Å²) in [5, 5.41) is 1.80. The second-order valence-corrected chi connectivity index (χ2v) is 4.67. The van der Waals surface area contributed by atoms with Gasteiger partial charge in [0.2, 0.25) is 0 Å². The van der Waals surface area contributed by atoms with Crippen LogP contribution in [0.15, 0.2) is 24.3 Å². The molecule has 1 aromatic carbocycles. The molecule has 0 heterocycles. The van der Waals surface area contributed by atoms with Crippen molar-refractivity contribution >= 4 is 5.69 Å². The number of halogens is 1. The molecule has 0 fully saturated rings. The van der Waals surface area contributed by atoms with Gasteiger partial charge in [-0.2, -0.15) is 0 Å². The number of benzene rings is 1. The Bertz CT molecular complexity index is 250. The molecule has 2 N–H and O–H groups in total. The van der Waals surface area contributed by atoms with Gasteiger partial charge in [-0.05, 0) is 0 Å². The van der Waals surface area contributed by atoms with Gasteiger partial charge in [-0.3, -0.25) is 0 Å². The fourth-order valence-electron chi connectivity index (χ4n) is 1.01. The van der Waals surface area contributed by atoms with Crippen LogP contribution in [0.25, 0.3) is 0 Å². The number of hydrogen-bond donors (Lipinski definition) is 1. The molecule has 0 bridgehead atoms.